The third-order valence-electron chi connectivity index (χ3n) is 1.89. The highest BCUT2D eigenvalue weighted by atomic mass is 16.5. The Morgan fingerprint density at radius 2 is 2.06 bits per heavy atom. The van der Waals surface area contributed by atoms with Gasteiger partial charge in [-0.1, -0.05) is 0 Å². The molecule has 0 radical (unpaired) electrons. The van der Waals surface area contributed by atoms with Crippen molar-refractivity contribution < 1.29 is 24.2 Å². The summed E-state index contributed by atoms with van der Waals surface area (Å²) in [4.78, 5) is 33.4. The third kappa shape index (κ3) is 7.88. The molecule has 0 unspecified atom stereocenters. The summed E-state index contributed by atoms with van der Waals surface area (Å²) in [5.74, 6) is -0.965. The van der Waals surface area contributed by atoms with Crippen molar-refractivity contribution in [1.82, 2.24) is 10.2 Å². The molecule has 8 nitrogen and oxygen atoms in total. The monoisotopic (exact) mass is 247 g/mol. The van der Waals surface area contributed by atoms with E-state index in [0.29, 0.717) is 6.54 Å². The van der Waals surface area contributed by atoms with E-state index in [-0.39, 0.29) is 26.1 Å². The van der Waals surface area contributed by atoms with Gasteiger partial charge in [-0.15, -0.1) is 0 Å². The zero-order chi connectivity index (χ0) is 13.3. The number of primary amides is 1. The first kappa shape index (κ1) is 15.0. The van der Waals surface area contributed by atoms with Crippen LogP contribution in [0.4, 0.5) is 9.59 Å². The largest absolute Gasteiger partial charge is 0.481 e. The van der Waals surface area contributed by atoms with Crippen molar-refractivity contribution in [3.63, 3.8) is 0 Å². The predicted molar refractivity (Wildman–Crippen MR) is 58.4 cm³/mol. The lowest BCUT2D eigenvalue weighted by Gasteiger charge is -2.20. The van der Waals surface area contributed by atoms with Gasteiger partial charge >= 0.3 is 18.1 Å². The van der Waals surface area contributed by atoms with Gasteiger partial charge in [0.25, 0.3) is 0 Å². The van der Waals surface area contributed by atoms with Gasteiger partial charge in [0.2, 0.25) is 0 Å². The molecular formula is C9H17N3O5. The summed E-state index contributed by atoms with van der Waals surface area (Å²) in [6.07, 6.45) is -1.02. The summed E-state index contributed by atoms with van der Waals surface area (Å²) in [7, 11) is 0. The quantitative estimate of drug-likeness (QED) is 0.528. The van der Waals surface area contributed by atoms with Gasteiger partial charge in [-0.2, -0.15) is 0 Å². The van der Waals surface area contributed by atoms with Gasteiger partial charge in [0.05, 0.1) is 13.0 Å². The molecule has 17 heavy (non-hydrogen) atoms. The summed E-state index contributed by atoms with van der Waals surface area (Å²) in [6, 6.07) is -0.401. The maximum atomic E-state index is 11.5. The van der Waals surface area contributed by atoms with E-state index in [1.165, 1.54) is 4.90 Å². The van der Waals surface area contributed by atoms with Crippen LogP contribution in [0, 0.1) is 0 Å². The van der Waals surface area contributed by atoms with Crippen LogP contribution in [-0.4, -0.2) is 54.3 Å². The molecule has 4 N–H and O–H groups in total. The van der Waals surface area contributed by atoms with Crippen molar-refractivity contribution in [2.45, 2.75) is 13.3 Å². The van der Waals surface area contributed by atoms with Crippen molar-refractivity contribution in [2.24, 2.45) is 5.73 Å². The van der Waals surface area contributed by atoms with Crippen LogP contribution in [-0.2, 0) is 9.53 Å². The zero-order valence-corrected chi connectivity index (χ0v) is 9.64. The van der Waals surface area contributed by atoms with E-state index in [4.69, 9.17) is 10.8 Å². The number of aliphatic carboxylic acids is 1. The summed E-state index contributed by atoms with van der Waals surface area (Å²) in [5.41, 5.74) is 4.73. The second-order valence-corrected chi connectivity index (χ2v) is 3.12. The number of amides is 3. The van der Waals surface area contributed by atoms with Gasteiger partial charge in [-0.05, 0) is 6.92 Å². The lowest BCUT2D eigenvalue weighted by Crippen LogP contribution is -2.42. The molecule has 0 bridgehead atoms. The molecule has 3 amide bonds. The normalized spacial score (nSPS) is 9.47. The van der Waals surface area contributed by atoms with Crippen molar-refractivity contribution >= 4 is 18.1 Å². The molecule has 0 aliphatic rings. The first-order valence-electron chi connectivity index (χ1n) is 5.14. The number of nitrogens with zero attached hydrogens (tertiary/aromatic N) is 1. The number of nitrogens with two attached hydrogens (primary N) is 1. The Hall–Kier alpha value is -1.99. The van der Waals surface area contributed by atoms with Gasteiger partial charge in [0.15, 0.2) is 0 Å². The molecule has 0 aromatic rings. The minimum atomic E-state index is -0.965. The number of carboxylic acid groups (broad SMARTS) is 1. The van der Waals surface area contributed by atoms with Gasteiger partial charge < -0.3 is 25.8 Å². The topological polar surface area (TPSA) is 122 Å². The van der Waals surface area contributed by atoms with Crippen molar-refractivity contribution in [3.05, 3.63) is 0 Å². The maximum absolute atomic E-state index is 11.5. The highest BCUT2D eigenvalue weighted by Gasteiger charge is 2.12. The SMILES string of the molecule is CCN(CCC(=O)O)C(=O)NCCOC(N)=O. The number of carboxylic acids is 1. The van der Waals surface area contributed by atoms with Crippen molar-refractivity contribution in [3.8, 4) is 0 Å². The van der Waals surface area contributed by atoms with E-state index in [9.17, 15) is 14.4 Å². The minimum Gasteiger partial charge on any atom is -0.481 e. The third-order valence-corrected chi connectivity index (χ3v) is 1.89. The van der Waals surface area contributed by atoms with Crippen LogP contribution in [0.2, 0.25) is 0 Å². The highest BCUT2D eigenvalue weighted by Crippen LogP contribution is 1.92. The summed E-state index contributed by atoms with van der Waals surface area (Å²) in [5, 5.41) is 11.0. The molecule has 0 aliphatic carbocycles. The molecule has 8 heteroatoms. The van der Waals surface area contributed by atoms with Crippen molar-refractivity contribution in [1.29, 1.82) is 0 Å². The number of carbonyl (C=O) groups excluding carboxylic acids is 2. The first-order chi connectivity index (χ1) is 7.97. The fourth-order valence-electron chi connectivity index (χ4n) is 1.06. The number of hydrogen-bond acceptors (Lipinski definition) is 4. The standard InChI is InChI=1S/C9H17N3O5/c1-2-12(5-3-7(13)14)9(16)11-4-6-17-8(10)15/h2-6H2,1H3,(H2,10,15)(H,11,16)(H,13,14). The lowest BCUT2D eigenvalue weighted by molar-refractivity contribution is -0.137. The molecule has 0 aromatic carbocycles. The Bertz CT molecular complexity index is 282. The van der Waals surface area contributed by atoms with Crippen LogP contribution < -0.4 is 11.1 Å². The van der Waals surface area contributed by atoms with E-state index in [1.807, 2.05) is 0 Å². The predicted octanol–water partition coefficient (Wildman–Crippen LogP) is -0.412. The Labute approximate surface area is 98.7 Å². The number of carbonyl (C=O) groups is 3. The smallest absolute Gasteiger partial charge is 0.404 e. The minimum absolute atomic E-state index is 0.0163. The Kier molecular flexibility index (Phi) is 7.24. The van der Waals surface area contributed by atoms with Crippen LogP contribution in [0.25, 0.3) is 0 Å². The van der Waals surface area contributed by atoms with Gasteiger partial charge in [0.1, 0.15) is 6.61 Å². The van der Waals surface area contributed by atoms with E-state index in [2.05, 4.69) is 10.1 Å². The van der Waals surface area contributed by atoms with Crippen LogP contribution in [0.3, 0.4) is 0 Å². The second kappa shape index (κ2) is 8.20. The molecule has 98 valence electrons. The number of urea groups is 1. The van der Waals surface area contributed by atoms with Gasteiger partial charge in [-0.25, -0.2) is 9.59 Å². The van der Waals surface area contributed by atoms with Crippen LogP contribution in [0.15, 0.2) is 0 Å². The van der Waals surface area contributed by atoms with E-state index < -0.39 is 18.1 Å². The molecule has 0 rings (SSSR count). The van der Waals surface area contributed by atoms with E-state index in [0.717, 1.165) is 0 Å². The molecule has 0 saturated carbocycles. The van der Waals surface area contributed by atoms with Crippen LogP contribution in [0.1, 0.15) is 13.3 Å². The summed E-state index contributed by atoms with van der Waals surface area (Å²) >= 11 is 0. The molecule has 0 atom stereocenters. The number of nitrogens with one attached hydrogen (secondary N) is 1. The molecule has 0 fully saturated rings. The van der Waals surface area contributed by atoms with Gasteiger partial charge in [0, 0.05) is 13.1 Å². The number of hydrogen-bond donors (Lipinski definition) is 3. The lowest BCUT2D eigenvalue weighted by atomic mass is 10.4. The molecule has 0 spiro atoms. The second-order valence-electron chi connectivity index (χ2n) is 3.12. The highest BCUT2D eigenvalue weighted by molar-refractivity contribution is 5.75. The molecule has 0 heterocycles. The summed E-state index contributed by atoms with van der Waals surface area (Å²) in [6.45, 7) is 2.38. The molecular weight excluding hydrogens is 230 g/mol. The number of ether oxygens (including phenoxy) is 1. The fourth-order valence-corrected chi connectivity index (χ4v) is 1.06. The number of rotatable bonds is 7. The molecule has 0 aliphatic heterocycles. The van der Waals surface area contributed by atoms with Crippen LogP contribution >= 0.6 is 0 Å². The average Bonchev–Trinajstić information content (AvgIpc) is 2.24. The fraction of sp³-hybridized carbons (Fsp3) is 0.667. The first-order valence-corrected chi connectivity index (χ1v) is 5.14. The molecule has 0 saturated heterocycles. The van der Waals surface area contributed by atoms with E-state index in [1.54, 1.807) is 6.92 Å². The Morgan fingerprint density at radius 3 is 2.53 bits per heavy atom. The Balaban J connectivity index is 3.83. The zero-order valence-electron chi connectivity index (χ0n) is 9.64. The summed E-state index contributed by atoms with van der Waals surface area (Å²) < 4.78 is 4.42. The average molecular weight is 247 g/mol. The maximum Gasteiger partial charge on any atom is 0.404 e. The van der Waals surface area contributed by atoms with Gasteiger partial charge in [-0.3, -0.25) is 4.79 Å². The van der Waals surface area contributed by atoms with E-state index >= 15 is 0 Å². The Morgan fingerprint density at radius 1 is 1.41 bits per heavy atom. The van der Waals surface area contributed by atoms with Crippen molar-refractivity contribution in [2.75, 3.05) is 26.2 Å². The van der Waals surface area contributed by atoms with Crippen LogP contribution in [0.5, 0.6) is 0 Å². The molecule has 0 aromatic heterocycles.